The summed E-state index contributed by atoms with van der Waals surface area (Å²) in [6.45, 7) is 2.34. The van der Waals surface area contributed by atoms with Crippen LogP contribution in [0, 0.1) is 5.92 Å². The van der Waals surface area contributed by atoms with Gasteiger partial charge in [0, 0.05) is 30.2 Å². The number of hydrogen-bond donors (Lipinski definition) is 4. The normalized spacial score (nSPS) is 20.2. The molecule has 236 valence electrons. The van der Waals surface area contributed by atoms with Crippen molar-refractivity contribution in [3.8, 4) is 0 Å². The number of esters is 1. The molecule has 4 N–H and O–H groups in total. The van der Waals surface area contributed by atoms with Crippen molar-refractivity contribution in [3.05, 3.63) is 113 Å². The van der Waals surface area contributed by atoms with Crippen molar-refractivity contribution in [1.82, 2.24) is 25.8 Å². The van der Waals surface area contributed by atoms with Crippen molar-refractivity contribution in [3.63, 3.8) is 0 Å². The predicted molar refractivity (Wildman–Crippen MR) is 168 cm³/mol. The number of amides is 2. The van der Waals surface area contributed by atoms with Crippen LogP contribution in [0.15, 0.2) is 90.3 Å². The molecule has 5 atom stereocenters. The number of ether oxygens (including phenoxy) is 3. The number of nitrogens with one attached hydrogen (secondary N) is 3. The van der Waals surface area contributed by atoms with E-state index in [1.807, 2.05) is 78.9 Å². The van der Waals surface area contributed by atoms with E-state index in [0.29, 0.717) is 12.2 Å². The highest BCUT2D eigenvalue weighted by Gasteiger charge is 2.38. The van der Waals surface area contributed by atoms with Crippen LogP contribution in [-0.4, -0.2) is 57.3 Å². The minimum Gasteiger partial charge on any atom is -0.467 e. The molecule has 4 aromatic rings. The molecule has 0 spiro atoms. The van der Waals surface area contributed by atoms with Gasteiger partial charge in [-0.15, -0.1) is 0 Å². The van der Waals surface area contributed by atoms with Crippen LogP contribution in [0.4, 0.5) is 4.79 Å². The average molecular weight is 632 g/mol. The highest BCUT2D eigenvalue weighted by molar-refractivity contribution is 7.99. The number of benzene rings is 3. The Morgan fingerprint density at radius 2 is 1.69 bits per heavy atom. The predicted octanol–water partition coefficient (Wildman–Crippen LogP) is 4.46. The molecule has 2 heterocycles. The number of methoxy groups -OCH3 is 1. The molecule has 0 aliphatic carbocycles. The molecule has 3 aromatic carbocycles. The fourth-order valence-electron chi connectivity index (χ4n) is 5.10. The number of aromatic amines is 1. The molecule has 1 aliphatic rings. The van der Waals surface area contributed by atoms with Crippen LogP contribution in [0.5, 0.6) is 0 Å². The number of H-pyrrole nitrogens is 1. The Morgan fingerprint density at radius 3 is 2.36 bits per heavy atom. The Kier molecular flexibility index (Phi) is 11.2. The zero-order valence-electron chi connectivity index (χ0n) is 25.1. The van der Waals surface area contributed by atoms with Gasteiger partial charge in [0.25, 0.3) is 0 Å². The molecule has 1 fully saturated rings. The Balaban J connectivity index is 1.22. The highest BCUT2D eigenvalue weighted by Crippen LogP contribution is 2.42. The third-order valence-electron chi connectivity index (χ3n) is 7.68. The smallest absolute Gasteiger partial charge is 0.328 e. The Hall–Kier alpha value is -4.23. The minimum atomic E-state index is -0.814. The number of carbonyl (C=O) groups excluding carboxylic acids is 2. The summed E-state index contributed by atoms with van der Waals surface area (Å²) in [7, 11) is 1.30. The molecule has 11 nitrogen and oxygen atoms in total. The summed E-state index contributed by atoms with van der Waals surface area (Å²) in [4.78, 5) is 29.2. The molecule has 12 heteroatoms. The van der Waals surface area contributed by atoms with Gasteiger partial charge >= 0.3 is 12.0 Å². The maximum absolute atomic E-state index is 12.7. The molecule has 2 amide bonds. The van der Waals surface area contributed by atoms with Crippen LogP contribution in [0.25, 0.3) is 0 Å². The lowest BCUT2D eigenvalue weighted by Gasteiger charge is -2.41. The number of aromatic nitrogens is 3. The number of hydrogen-bond acceptors (Lipinski definition) is 9. The highest BCUT2D eigenvalue weighted by atomic mass is 32.2. The summed E-state index contributed by atoms with van der Waals surface area (Å²) in [6, 6.07) is 23.6. The first-order chi connectivity index (χ1) is 21.9. The van der Waals surface area contributed by atoms with Crippen molar-refractivity contribution >= 4 is 23.8 Å². The summed E-state index contributed by atoms with van der Waals surface area (Å²) < 4.78 is 17.9. The van der Waals surface area contributed by atoms with Gasteiger partial charge in [0.1, 0.15) is 12.4 Å². The number of rotatable bonds is 12. The number of thioether (sulfide) groups is 1. The number of urea groups is 1. The first-order valence-electron chi connectivity index (χ1n) is 14.7. The van der Waals surface area contributed by atoms with Gasteiger partial charge in [-0.3, -0.25) is 5.10 Å². The second kappa shape index (κ2) is 15.7. The quantitative estimate of drug-likeness (QED) is 0.131. The molecular weight excluding hydrogens is 594 g/mol. The lowest BCUT2D eigenvalue weighted by Crippen LogP contribution is -2.47. The van der Waals surface area contributed by atoms with Crippen molar-refractivity contribution in [2.45, 2.75) is 56.2 Å². The largest absolute Gasteiger partial charge is 0.467 e. The van der Waals surface area contributed by atoms with E-state index in [9.17, 15) is 14.7 Å². The summed E-state index contributed by atoms with van der Waals surface area (Å²) in [5, 5.41) is 22.6. The summed E-state index contributed by atoms with van der Waals surface area (Å²) in [5.74, 6) is 0.171. The Morgan fingerprint density at radius 1 is 0.978 bits per heavy atom. The van der Waals surface area contributed by atoms with Crippen LogP contribution in [0.2, 0.25) is 0 Å². The van der Waals surface area contributed by atoms with Gasteiger partial charge in [0.2, 0.25) is 0 Å². The average Bonchev–Trinajstić information content (AvgIpc) is 3.61. The zero-order chi connectivity index (χ0) is 31.6. The van der Waals surface area contributed by atoms with Gasteiger partial charge in [-0.05, 0) is 22.3 Å². The third kappa shape index (κ3) is 8.70. The van der Waals surface area contributed by atoms with Crippen molar-refractivity contribution in [1.29, 1.82) is 0 Å². The van der Waals surface area contributed by atoms with E-state index in [1.54, 1.807) is 0 Å². The van der Waals surface area contributed by atoms with Gasteiger partial charge in [0.05, 0.1) is 25.9 Å². The van der Waals surface area contributed by atoms with Gasteiger partial charge in [0.15, 0.2) is 11.4 Å². The number of carbonyl (C=O) groups is 2. The van der Waals surface area contributed by atoms with Crippen molar-refractivity contribution < 1.29 is 28.9 Å². The van der Waals surface area contributed by atoms with Crippen LogP contribution >= 0.6 is 11.8 Å². The molecule has 1 saturated heterocycles. The first-order valence-corrected chi connectivity index (χ1v) is 15.7. The van der Waals surface area contributed by atoms with E-state index >= 15 is 0 Å². The van der Waals surface area contributed by atoms with E-state index in [-0.39, 0.29) is 31.3 Å². The molecule has 1 aromatic heterocycles. The van der Waals surface area contributed by atoms with E-state index in [4.69, 9.17) is 14.2 Å². The van der Waals surface area contributed by atoms with Crippen molar-refractivity contribution in [2.24, 2.45) is 5.92 Å². The molecule has 0 bridgehead atoms. The SMILES string of the molecule is COC(=O)[C@H](Cc1ccccc1)NC(=O)NCc1ccc([C@H]2O[C@@H](CSc3ncn[nH]3)[C@@H](C)[C@@H](c3ccc(CO)cc3)O2)cc1. The number of aliphatic hydroxyl groups excluding tert-OH is 1. The molecule has 5 rings (SSSR count). The summed E-state index contributed by atoms with van der Waals surface area (Å²) in [5.41, 5.74) is 4.46. The van der Waals surface area contributed by atoms with Crippen molar-refractivity contribution in [2.75, 3.05) is 12.9 Å². The molecule has 0 unspecified atom stereocenters. The lowest BCUT2D eigenvalue weighted by molar-refractivity contribution is -0.268. The van der Waals surface area contributed by atoms with Crippen LogP contribution in [-0.2, 0) is 38.6 Å². The molecule has 45 heavy (non-hydrogen) atoms. The lowest BCUT2D eigenvalue weighted by atomic mass is 9.91. The zero-order valence-corrected chi connectivity index (χ0v) is 25.9. The Labute approximate surface area is 266 Å². The van der Waals surface area contributed by atoms with Crippen LogP contribution < -0.4 is 10.6 Å². The van der Waals surface area contributed by atoms with Gasteiger partial charge in [-0.1, -0.05) is 97.5 Å². The van der Waals surface area contributed by atoms with Gasteiger partial charge in [-0.25, -0.2) is 14.6 Å². The van der Waals surface area contributed by atoms with E-state index in [1.165, 1.54) is 25.2 Å². The van der Waals surface area contributed by atoms with E-state index in [2.05, 4.69) is 32.7 Å². The molecule has 0 saturated carbocycles. The first kappa shape index (κ1) is 32.2. The van der Waals surface area contributed by atoms with E-state index < -0.39 is 24.3 Å². The van der Waals surface area contributed by atoms with Gasteiger partial charge < -0.3 is 30.0 Å². The van der Waals surface area contributed by atoms with Crippen LogP contribution in [0.3, 0.4) is 0 Å². The second-order valence-corrected chi connectivity index (χ2v) is 11.8. The molecule has 1 aliphatic heterocycles. The number of aliphatic hydroxyl groups is 1. The fraction of sp³-hybridized carbons (Fsp3) is 0.333. The summed E-state index contributed by atoms with van der Waals surface area (Å²) >= 11 is 1.54. The third-order valence-corrected chi connectivity index (χ3v) is 8.64. The fourth-order valence-corrected chi connectivity index (χ4v) is 6.05. The van der Waals surface area contributed by atoms with Crippen LogP contribution in [0.1, 0.15) is 47.1 Å². The maximum atomic E-state index is 12.7. The number of nitrogens with zero attached hydrogens (tertiary/aromatic N) is 2. The standard InChI is InChI=1S/C33H37N5O6S/c1-21-28(19-45-33-35-20-36-38-33)43-31(44-29(21)25-12-10-24(18-39)11-13-25)26-14-8-23(9-15-26)17-34-32(41)37-27(30(40)42-2)16-22-6-4-3-5-7-22/h3-15,20-21,27-29,31,39H,16-19H2,1-2H3,(H2,34,37,41)(H,35,36,38)/t21-,27+,28+,29+,31+/m1/s1. The topological polar surface area (TPSA) is 148 Å². The molecular formula is C33H37N5O6S. The van der Waals surface area contributed by atoms with E-state index in [0.717, 1.165) is 33.0 Å². The Bertz CT molecular complexity index is 1510. The second-order valence-electron chi connectivity index (χ2n) is 10.8. The summed E-state index contributed by atoms with van der Waals surface area (Å²) in [6.07, 6.45) is 0.798. The van der Waals surface area contributed by atoms with Gasteiger partial charge in [-0.2, -0.15) is 5.10 Å². The minimum absolute atomic E-state index is 0.0219. The monoisotopic (exact) mass is 631 g/mol. The maximum Gasteiger partial charge on any atom is 0.328 e. The molecule has 0 radical (unpaired) electrons.